The Morgan fingerprint density at radius 1 is 1.43 bits per heavy atom. The summed E-state index contributed by atoms with van der Waals surface area (Å²) in [6.45, 7) is 0. The molecule has 2 aromatic rings. The first kappa shape index (κ1) is 8.90. The zero-order valence-corrected chi connectivity index (χ0v) is 7.83. The van der Waals surface area contributed by atoms with Crippen LogP contribution in [0.4, 0.5) is 0 Å². The third-order valence-electron chi connectivity index (χ3n) is 2.01. The number of aliphatic hydroxyl groups is 1. The molecular formula is C10H11N3O. The Kier molecular flexibility index (Phi) is 2.28. The van der Waals surface area contributed by atoms with Crippen LogP contribution in [0.5, 0.6) is 0 Å². The minimum atomic E-state index is -0.690. The Bertz CT molecular complexity index is 410. The lowest BCUT2D eigenvalue weighted by atomic mass is 10.1. The quantitative estimate of drug-likeness (QED) is 0.763. The van der Waals surface area contributed by atoms with Crippen LogP contribution >= 0.6 is 0 Å². The number of aliphatic hydroxyl groups excluding tert-OH is 1. The lowest BCUT2D eigenvalue weighted by Crippen LogP contribution is -2.00. The molecule has 72 valence electrons. The summed E-state index contributed by atoms with van der Waals surface area (Å²) in [4.78, 5) is 4.08. The average Bonchev–Trinajstić information content (AvgIpc) is 2.65. The number of nitrogens with zero attached hydrogens (tertiary/aromatic N) is 3. The molecule has 0 aromatic carbocycles. The number of pyridine rings is 1. The molecule has 0 aliphatic rings. The Labute approximate surface area is 81.8 Å². The van der Waals surface area contributed by atoms with E-state index in [1.165, 1.54) is 0 Å². The molecule has 1 N–H and O–H groups in total. The largest absolute Gasteiger partial charge is 0.382 e. The SMILES string of the molecule is Cn1cc(C(O)c2ccccn2)cn1. The molecule has 1 unspecified atom stereocenters. The van der Waals surface area contributed by atoms with Crippen molar-refractivity contribution in [3.63, 3.8) is 0 Å². The molecule has 0 saturated heterocycles. The van der Waals surface area contributed by atoms with Gasteiger partial charge in [0.1, 0.15) is 6.10 Å². The van der Waals surface area contributed by atoms with Crippen LogP contribution in [0.3, 0.4) is 0 Å². The minimum Gasteiger partial charge on any atom is -0.382 e. The third kappa shape index (κ3) is 1.65. The first-order valence-corrected chi connectivity index (χ1v) is 4.35. The van der Waals surface area contributed by atoms with Crippen LogP contribution in [-0.2, 0) is 7.05 Å². The summed E-state index contributed by atoms with van der Waals surface area (Å²) in [5.41, 5.74) is 1.40. The van der Waals surface area contributed by atoms with Gasteiger partial charge < -0.3 is 5.11 Å². The third-order valence-corrected chi connectivity index (χ3v) is 2.01. The summed E-state index contributed by atoms with van der Waals surface area (Å²) in [6, 6.07) is 5.46. The summed E-state index contributed by atoms with van der Waals surface area (Å²) in [5.74, 6) is 0. The summed E-state index contributed by atoms with van der Waals surface area (Å²) >= 11 is 0. The van der Waals surface area contributed by atoms with Crippen molar-refractivity contribution in [1.82, 2.24) is 14.8 Å². The topological polar surface area (TPSA) is 50.9 Å². The van der Waals surface area contributed by atoms with E-state index in [-0.39, 0.29) is 0 Å². The maximum absolute atomic E-state index is 9.89. The monoisotopic (exact) mass is 189 g/mol. The Hall–Kier alpha value is -1.68. The molecule has 1 atom stereocenters. The molecule has 0 amide bonds. The van der Waals surface area contributed by atoms with Gasteiger partial charge in [-0.3, -0.25) is 9.67 Å². The van der Waals surface area contributed by atoms with E-state index in [1.807, 2.05) is 19.2 Å². The Balaban J connectivity index is 2.29. The van der Waals surface area contributed by atoms with Crippen LogP contribution in [0.25, 0.3) is 0 Å². The molecule has 0 aliphatic carbocycles. The second-order valence-corrected chi connectivity index (χ2v) is 3.10. The van der Waals surface area contributed by atoms with Crippen LogP contribution in [0.1, 0.15) is 17.4 Å². The second kappa shape index (κ2) is 3.59. The van der Waals surface area contributed by atoms with Crippen molar-refractivity contribution in [2.75, 3.05) is 0 Å². The summed E-state index contributed by atoms with van der Waals surface area (Å²) in [7, 11) is 1.81. The van der Waals surface area contributed by atoms with E-state index in [1.54, 1.807) is 29.3 Å². The van der Waals surface area contributed by atoms with Crippen LogP contribution in [0, 0.1) is 0 Å². The highest BCUT2D eigenvalue weighted by molar-refractivity contribution is 5.20. The minimum absolute atomic E-state index is 0.639. The van der Waals surface area contributed by atoms with Crippen molar-refractivity contribution in [3.8, 4) is 0 Å². The van der Waals surface area contributed by atoms with E-state index < -0.39 is 6.10 Å². The molecule has 0 saturated carbocycles. The highest BCUT2D eigenvalue weighted by atomic mass is 16.3. The van der Waals surface area contributed by atoms with Crippen LogP contribution in [0.15, 0.2) is 36.8 Å². The zero-order valence-electron chi connectivity index (χ0n) is 7.83. The van der Waals surface area contributed by atoms with Gasteiger partial charge in [-0.25, -0.2) is 0 Å². The van der Waals surface area contributed by atoms with Crippen LogP contribution in [-0.4, -0.2) is 19.9 Å². The summed E-state index contributed by atoms with van der Waals surface area (Å²) in [5, 5.41) is 13.9. The molecule has 2 aromatic heterocycles. The smallest absolute Gasteiger partial charge is 0.124 e. The van der Waals surface area contributed by atoms with Gasteiger partial charge in [-0.15, -0.1) is 0 Å². The second-order valence-electron chi connectivity index (χ2n) is 3.10. The molecular weight excluding hydrogens is 178 g/mol. The van der Waals surface area contributed by atoms with E-state index in [0.29, 0.717) is 5.69 Å². The lowest BCUT2D eigenvalue weighted by molar-refractivity contribution is 0.215. The first-order valence-electron chi connectivity index (χ1n) is 4.35. The van der Waals surface area contributed by atoms with E-state index in [2.05, 4.69) is 10.1 Å². The molecule has 0 aliphatic heterocycles. The fourth-order valence-electron chi connectivity index (χ4n) is 1.29. The normalized spacial score (nSPS) is 12.7. The fraction of sp³-hybridized carbons (Fsp3) is 0.200. The summed E-state index contributed by atoms with van der Waals surface area (Å²) in [6.07, 6.45) is 4.39. The molecule has 2 rings (SSSR count). The van der Waals surface area contributed by atoms with Gasteiger partial charge in [-0.05, 0) is 12.1 Å². The van der Waals surface area contributed by atoms with Gasteiger partial charge in [-0.2, -0.15) is 5.10 Å². The van der Waals surface area contributed by atoms with Gasteiger partial charge in [0.25, 0.3) is 0 Å². The van der Waals surface area contributed by atoms with Crippen molar-refractivity contribution in [2.45, 2.75) is 6.10 Å². The van der Waals surface area contributed by atoms with Gasteiger partial charge in [0, 0.05) is 25.0 Å². The van der Waals surface area contributed by atoms with Crippen molar-refractivity contribution in [2.24, 2.45) is 7.05 Å². The average molecular weight is 189 g/mol. The first-order chi connectivity index (χ1) is 6.77. The van der Waals surface area contributed by atoms with Gasteiger partial charge in [0.2, 0.25) is 0 Å². The highest BCUT2D eigenvalue weighted by Gasteiger charge is 2.12. The number of hydrogen-bond donors (Lipinski definition) is 1. The van der Waals surface area contributed by atoms with Crippen molar-refractivity contribution in [3.05, 3.63) is 48.0 Å². The number of aromatic nitrogens is 3. The summed E-state index contributed by atoms with van der Waals surface area (Å²) < 4.78 is 1.65. The van der Waals surface area contributed by atoms with Crippen LogP contribution in [0.2, 0.25) is 0 Å². The predicted octanol–water partition coefficient (Wildman–Crippen LogP) is 0.897. The van der Waals surface area contributed by atoms with E-state index in [4.69, 9.17) is 0 Å². The maximum Gasteiger partial charge on any atom is 0.124 e. The standard InChI is InChI=1S/C10H11N3O/c1-13-7-8(6-12-13)10(14)9-4-2-3-5-11-9/h2-7,10,14H,1H3. The Morgan fingerprint density at radius 2 is 2.29 bits per heavy atom. The molecule has 0 radical (unpaired) electrons. The van der Waals surface area contributed by atoms with Crippen molar-refractivity contribution >= 4 is 0 Å². The van der Waals surface area contributed by atoms with Gasteiger partial charge >= 0.3 is 0 Å². The molecule has 4 nitrogen and oxygen atoms in total. The number of hydrogen-bond acceptors (Lipinski definition) is 3. The molecule has 0 spiro atoms. The molecule has 4 heteroatoms. The predicted molar refractivity (Wildman–Crippen MR) is 51.5 cm³/mol. The van der Waals surface area contributed by atoms with Crippen molar-refractivity contribution < 1.29 is 5.11 Å². The Morgan fingerprint density at radius 3 is 2.86 bits per heavy atom. The zero-order chi connectivity index (χ0) is 9.97. The number of aryl methyl sites for hydroxylation is 1. The van der Waals surface area contributed by atoms with E-state index >= 15 is 0 Å². The van der Waals surface area contributed by atoms with Gasteiger partial charge in [-0.1, -0.05) is 6.07 Å². The van der Waals surface area contributed by atoms with E-state index in [0.717, 1.165) is 5.56 Å². The highest BCUT2D eigenvalue weighted by Crippen LogP contribution is 2.18. The van der Waals surface area contributed by atoms with Crippen molar-refractivity contribution in [1.29, 1.82) is 0 Å². The van der Waals surface area contributed by atoms with E-state index in [9.17, 15) is 5.11 Å². The van der Waals surface area contributed by atoms with Crippen LogP contribution < -0.4 is 0 Å². The fourth-order valence-corrected chi connectivity index (χ4v) is 1.29. The molecule has 2 heterocycles. The molecule has 14 heavy (non-hydrogen) atoms. The lowest BCUT2D eigenvalue weighted by Gasteiger charge is -2.06. The molecule has 0 fully saturated rings. The van der Waals surface area contributed by atoms with Gasteiger partial charge in [0.15, 0.2) is 0 Å². The maximum atomic E-state index is 9.89. The van der Waals surface area contributed by atoms with Gasteiger partial charge in [0.05, 0.1) is 11.9 Å². The number of rotatable bonds is 2. The molecule has 0 bridgehead atoms.